The van der Waals surface area contributed by atoms with E-state index in [1.807, 2.05) is 19.1 Å². The number of hydrogen-bond acceptors (Lipinski definition) is 2. The molecule has 1 amide bonds. The molecular formula is C10H13ClN2O. The molecule has 0 unspecified atom stereocenters. The molecule has 1 N–H and O–H groups in total. The molecule has 1 aromatic rings. The van der Waals surface area contributed by atoms with Crippen LogP contribution < -0.4 is 5.32 Å². The van der Waals surface area contributed by atoms with E-state index in [1.54, 1.807) is 6.20 Å². The molecule has 1 rings (SSSR count). The Kier molecular flexibility index (Phi) is 4.40. The monoisotopic (exact) mass is 212 g/mol. The van der Waals surface area contributed by atoms with E-state index >= 15 is 0 Å². The number of carbonyl (C=O) groups is 1. The molecule has 0 aliphatic rings. The average molecular weight is 213 g/mol. The Morgan fingerprint density at radius 3 is 3.07 bits per heavy atom. The zero-order valence-electron chi connectivity index (χ0n) is 8.09. The lowest BCUT2D eigenvalue weighted by Crippen LogP contribution is -2.26. The predicted octanol–water partition coefficient (Wildman–Crippen LogP) is 1.75. The SMILES string of the molecule is Cc1cccnc1C(=O)NCCCCl. The van der Waals surface area contributed by atoms with Crippen LogP contribution in [0.4, 0.5) is 0 Å². The molecule has 1 heterocycles. The van der Waals surface area contributed by atoms with Gasteiger partial charge in [0.2, 0.25) is 0 Å². The van der Waals surface area contributed by atoms with Gasteiger partial charge >= 0.3 is 0 Å². The first-order valence-corrected chi connectivity index (χ1v) is 5.05. The first-order chi connectivity index (χ1) is 6.75. The molecule has 3 nitrogen and oxygen atoms in total. The topological polar surface area (TPSA) is 42.0 Å². The van der Waals surface area contributed by atoms with Crippen LogP contribution in [-0.4, -0.2) is 23.3 Å². The van der Waals surface area contributed by atoms with Gasteiger partial charge in [-0.2, -0.15) is 0 Å². The summed E-state index contributed by atoms with van der Waals surface area (Å²) in [6.07, 6.45) is 2.39. The fourth-order valence-electron chi connectivity index (χ4n) is 1.08. The first kappa shape index (κ1) is 11.0. The second-order valence-electron chi connectivity index (χ2n) is 2.97. The van der Waals surface area contributed by atoms with Crippen molar-refractivity contribution in [2.45, 2.75) is 13.3 Å². The fourth-order valence-corrected chi connectivity index (χ4v) is 1.21. The summed E-state index contributed by atoms with van der Waals surface area (Å²) in [7, 11) is 0. The van der Waals surface area contributed by atoms with Crippen LogP contribution in [0.2, 0.25) is 0 Å². The van der Waals surface area contributed by atoms with Crippen LogP contribution in [0.5, 0.6) is 0 Å². The van der Waals surface area contributed by atoms with E-state index < -0.39 is 0 Å². The standard InChI is InChI=1S/C10H13ClN2O/c1-8-4-2-6-12-9(8)10(14)13-7-3-5-11/h2,4,6H,3,5,7H2,1H3,(H,13,14). The van der Waals surface area contributed by atoms with Crippen molar-refractivity contribution in [3.8, 4) is 0 Å². The first-order valence-electron chi connectivity index (χ1n) is 4.51. The van der Waals surface area contributed by atoms with Crippen LogP contribution in [0.3, 0.4) is 0 Å². The van der Waals surface area contributed by atoms with E-state index in [0.29, 0.717) is 18.1 Å². The molecule has 0 fully saturated rings. The molecule has 4 heteroatoms. The Balaban J connectivity index is 2.56. The summed E-state index contributed by atoms with van der Waals surface area (Å²) >= 11 is 5.50. The number of nitrogens with one attached hydrogen (secondary N) is 1. The second-order valence-corrected chi connectivity index (χ2v) is 3.35. The van der Waals surface area contributed by atoms with E-state index in [4.69, 9.17) is 11.6 Å². The smallest absolute Gasteiger partial charge is 0.270 e. The van der Waals surface area contributed by atoms with E-state index in [0.717, 1.165) is 12.0 Å². The summed E-state index contributed by atoms with van der Waals surface area (Å²) < 4.78 is 0. The molecular weight excluding hydrogens is 200 g/mol. The third kappa shape index (κ3) is 3.00. The summed E-state index contributed by atoms with van der Waals surface area (Å²) in [6.45, 7) is 2.46. The fraction of sp³-hybridized carbons (Fsp3) is 0.400. The molecule has 0 saturated carbocycles. The number of carbonyl (C=O) groups excluding carboxylic acids is 1. The third-order valence-electron chi connectivity index (χ3n) is 1.82. The van der Waals surface area contributed by atoms with Crippen LogP contribution in [-0.2, 0) is 0 Å². The number of aryl methyl sites for hydroxylation is 1. The molecule has 76 valence electrons. The highest BCUT2D eigenvalue weighted by Gasteiger charge is 2.08. The summed E-state index contributed by atoms with van der Waals surface area (Å²) in [4.78, 5) is 15.5. The Labute approximate surface area is 88.5 Å². The average Bonchev–Trinajstić information content (AvgIpc) is 2.18. The Hall–Kier alpha value is -1.09. The third-order valence-corrected chi connectivity index (χ3v) is 2.09. The quantitative estimate of drug-likeness (QED) is 0.610. The number of halogens is 1. The van der Waals surface area contributed by atoms with Gasteiger partial charge in [0, 0.05) is 18.6 Å². The number of pyridine rings is 1. The van der Waals surface area contributed by atoms with Gasteiger partial charge in [-0.1, -0.05) is 6.07 Å². The van der Waals surface area contributed by atoms with Crippen molar-refractivity contribution in [3.63, 3.8) is 0 Å². The lowest BCUT2D eigenvalue weighted by molar-refractivity contribution is 0.0948. The van der Waals surface area contributed by atoms with Crippen molar-refractivity contribution >= 4 is 17.5 Å². The van der Waals surface area contributed by atoms with Crippen molar-refractivity contribution < 1.29 is 4.79 Å². The molecule has 0 atom stereocenters. The molecule has 0 aromatic carbocycles. The van der Waals surface area contributed by atoms with Crippen LogP contribution in [0.25, 0.3) is 0 Å². The van der Waals surface area contributed by atoms with Crippen molar-refractivity contribution in [2.75, 3.05) is 12.4 Å². The zero-order valence-corrected chi connectivity index (χ0v) is 8.84. The second kappa shape index (κ2) is 5.60. The van der Waals surface area contributed by atoms with Gasteiger partial charge in [-0.25, -0.2) is 0 Å². The van der Waals surface area contributed by atoms with Gasteiger partial charge in [0.25, 0.3) is 5.91 Å². The van der Waals surface area contributed by atoms with Gasteiger partial charge in [0.05, 0.1) is 0 Å². The van der Waals surface area contributed by atoms with Crippen molar-refractivity contribution in [1.82, 2.24) is 10.3 Å². The van der Waals surface area contributed by atoms with Crippen molar-refractivity contribution in [2.24, 2.45) is 0 Å². The molecule has 14 heavy (non-hydrogen) atoms. The maximum Gasteiger partial charge on any atom is 0.270 e. The summed E-state index contributed by atoms with van der Waals surface area (Å²) in [6, 6.07) is 3.67. The van der Waals surface area contributed by atoms with Gasteiger partial charge in [-0.15, -0.1) is 11.6 Å². The normalized spacial score (nSPS) is 9.86. The van der Waals surface area contributed by atoms with Gasteiger partial charge in [0.15, 0.2) is 0 Å². The number of alkyl halides is 1. The largest absolute Gasteiger partial charge is 0.351 e. The van der Waals surface area contributed by atoms with Gasteiger partial charge in [-0.3, -0.25) is 9.78 Å². The maximum atomic E-state index is 11.5. The number of amides is 1. The maximum absolute atomic E-state index is 11.5. The molecule has 0 saturated heterocycles. The minimum Gasteiger partial charge on any atom is -0.351 e. The lowest BCUT2D eigenvalue weighted by atomic mass is 10.2. The minimum absolute atomic E-state index is 0.131. The lowest BCUT2D eigenvalue weighted by Gasteiger charge is -2.04. The minimum atomic E-state index is -0.131. The van der Waals surface area contributed by atoms with Crippen LogP contribution in [0, 0.1) is 6.92 Å². The van der Waals surface area contributed by atoms with Gasteiger partial charge < -0.3 is 5.32 Å². The molecule has 0 spiro atoms. The Morgan fingerprint density at radius 2 is 2.43 bits per heavy atom. The summed E-state index contributed by atoms with van der Waals surface area (Å²) in [5.41, 5.74) is 1.37. The molecule has 1 aromatic heterocycles. The predicted molar refractivity (Wildman–Crippen MR) is 56.6 cm³/mol. The van der Waals surface area contributed by atoms with E-state index in [1.165, 1.54) is 0 Å². The molecule has 0 bridgehead atoms. The Bertz CT molecular complexity index is 315. The highest BCUT2D eigenvalue weighted by Crippen LogP contribution is 2.02. The van der Waals surface area contributed by atoms with E-state index in [9.17, 15) is 4.79 Å². The van der Waals surface area contributed by atoms with Gasteiger partial charge in [0.1, 0.15) is 5.69 Å². The highest BCUT2D eigenvalue weighted by atomic mass is 35.5. The van der Waals surface area contributed by atoms with Crippen LogP contribution >= 0.6 is 11.6 Å². The zero-order chi connectivity index (χ0) is 10.4. The van der Waals surface area contributed by atoms with Crippen molar-refractivity contribution in [3.05, 3.63) is 29.6 Å². The molecule has 0 aliphatic heterocycles. The van der Waals surface area contributed by atoms with E-state index in [2.05, 4.69) is 10.3 Å². The summed E-state index contributed by atoms with van der Waals surface area (Å²) in [5.74, 6) is 0.426. The number of hydrogen-bond donors (Lipinski definition) is 1. The number of rotatable bonds is 4. The van der Waals surface area contributed by atoms with Gasteiger partial charge in [-0.05, 0) is 25.0 Å². The molecule has 0 aliphatic carbocycles. The van der Waals surface area contributed by atoms with Crippen molar-refractivity contribution in [1.29, 1.82) is 0 Å². The Morgan fingerprint density at radius 1 is 1.64 bits per heavy atom. The van der Waals surface area contributed by atoms with Crippen LogP contribution in [0.15, 0.2) is 18.3 Å². The van der Waals surface area contributed by atoms with E-state index in [-0.39, 0.29) is 5.91 Å². The van der Waals surface area contributed by atoms with Crippen LogP contribution in [0.1, 0.15) is 22.5 Å². The number of nitrogens with zero attached hydrogens (tertiary/aromatic N) is 1. The summed E-state index contributed by atoms with van der Waals surface area (Å²) in [5, 5.41) is 2.75. The highest BCUT2D eigenvalue weighted by molar-refractivity contribution is 6.17. The molecule has 0 radical (unpaired) electrons. The number of aromatic nitrogens is 1.